The van der Waals surface area contributed by atoms with E-state index in [0.29, 0.717) is 11.1 Å². The van der Waals surface area contributed by atoms with Crippen molar-refractivity contribution in [2.24, 2.45) is 0 Å². The number of hydrogen-bond acceptors (Lipinski definition) is 0. The lowest BCUT2D eigenvalue weighted by molar-refractivity contribution is 0.985. The minimum Gasteiger partial charge on any atom is -0.0679 e. The normalized spacial score (nSPS) is 17.7. The molecule has 0 saturated heterocycles. The fraction of sp³-hybridized carbons (Fsp3) is 0.200. The van der Waals surface area contributed by atoms with Gasteiger partial charge in [-0.25, -0.2) is 0 Å². The summed E-state index contributed by atoms with van der Waals surface area (Å²) in [5, 5.41) is 0. The van der Waals surface area contributed by atoms with Crippen molar-refractivity contribution in [1.82, 2.24) is 0 Å². The topological polar surface area (TPSA) is 0 Å². The third kappa shape index (κ3) is 3.02. The standard InChI is InChI=1S/C25H21Br3Si/c1-14-11-20-19(5-4-6-23(20)28)24(14)29(2,3)25-21-12-15(26)7-9-17(21)18-10-8-16(27)13-22(18)25/h4-13,24-25H,1-3H3. The maximum absolute atomic E-state index is 3.78. The van der Waals surface area contributed by atoms with Gasteiger partial charge in [0.05, 0.1) is 8.07 Å². The van der Waals surface area contributed by atoms with Gasteiger partial charge in [-0.2, -0.15) is 0 Å². The SMILES string of the molecule is CC1=Cc2c(Br)cccc2C1[Si](C)(C)C1c2cc(Br)ccc2-c2ccc(Br)cc21. The Balaban J connectivity index is 1.74. The number of rotatable bonds is 2. The molecule has 0 nitrogen and oxygen atoms in total. The quantitative estimate of drug-likeness (QED) is 0.262. The number of benzene rings is 3. The Morgan fingerprint density at radius 1 is 0.724 bits per heavy atom. The molecule has 2 aliphatic rings. The summed E-state index contributed by atoms with van der Waals surface area (Å²) >= 11 is 11.3. The highest BCUT2D eigenvalue weighted by Gasteiger charge is 2.48. The minimum absolute atomic E-state index is 0.459. The highest BCUT2D eigenvalue weighted by molar-refractivity contribution is 9.11. The van der Waals surface area contributed by atoms with Crippen molar-refractivity contribution >= 4 is 61.9 Å². The van der Waals surface area contributed by atoms with E-state index in [1.807, 2.05) is 0 Å². The van der Waals surface area contributed by atoms with Crippen LogP contribution in [0.1, 0.15) is 40.3 Å². The Kier molecular flexibility index (Phi) is 4.86. The first-order valence-corrected chi connectivity index (χ1v) is 15.4. The van der Waals surface area contributed by atoms with E-state index in [1.54, 1.807) is 0 Å². The maximum atomic E-state index is 3.78. The zero-order chi connectivity index (χ0) is 20.5. The zero-order valence-electron chi connectivity index (χ0n) is 16.6. The van der Waals surface area contributed by atoms with Gasteiger partial charge >= 0.3 is 0 Å². The van der Waals surface area contributed by atoms with Crippen molar-refractivity contribution in [3.05, 3.63) is 95.8 Å². The molecule has 2 aliphatic carbocycles. The van der Waals surface area contributed by atoms with Crippen LogP contribution in [0.2, 0.25) is 13.1 Å². The van der Waals surface area contributed by atoms with Gasteiger partial charge in [-0.15, -0.1) is 0 Å². The predicted octanol–water partition coefficient (Wildman–Crippen LogP) is 9.07. The van der Waals surface area contributed by atoms with Crippen LogP contribution in [-0.2, 0) is 0 Å². The number of allylic oxidation sites excluding steroid dienone is 1. The summed E-state index contributed by atoms with van der Waals surface area (Å²) < 4.78 is 3.54. The molecule has 0 amide bonds. The van der Waals surface area contributed by atoms with E-state index in [-0.39, 0.29) is 0 Å². The highest BCUT2D eigenvalue weighted by atomic mass is 79.9. The number of hydrogen-bond donors (Lipinski definition) is 0. The van der Waals surface area contributed by atoms with Gasteiger partial charge in [-0.3, -0.25) is 0 Å². The summed E-state index contributed by atoms with van der Waals surface area (Å²) in [5.41, 5.74) is 11.1. The molecule has 3 aromatic rings. The van der Waals surface area contributed by atoms with Gasteiger partial charge in [0.15, 0.2) is 0 Å². The van der Waals surface area contributed by atoms with Crippen molar-refractivity contribution in [2.45, 2.75) is 31.1 Å². The van der Waals surface area contributed by atoms with Crippen molar-refractivity contribution < 1.29 is 0 Å². The van der Waals surface area contributed by atoms with Crippen LogP contribution in [0.15, 0.2) is 73.6 Å². The Morgan fingerprint density at radius 2 is 1.31 bits per heavy atom. The first-order chi connectivity index (χ1) is 13.8. The van der Waals surface area contributed by atoms with Crippen molar-refractivity contribution in [3.63, 3.8) is 0 Å². The Bertz CT molecular complexity index is 1140. The van der Waals surface area contributed by atoms with Gasteiger partial charge in [0, 0.05) is 24.5 Å². The van der Waals surface area contributed by atoms with Crippen molar-refractivity contribution in [1.29, 1.82) is 0 Å². The molecule has 1 atom stereocenters. The smallest absolute Gasteiger partial charge is 0.0679 e. The molecule has 1 unspecified atom stereocenters. The molecule has 0 aromatic heterocycles. The van der Waals surface area contributed by atoms with Gasteiger partial charge in [0.2, 0.25) is 0 Å². The first kappa shape index (κ1) is 20.0. The summed E-state index contributed by atoms with van der Waals surface area (Å²) in [5.74, 6) is 0. The van der Waals surface area contributed by atoms with E-state index < -0.39 is 8.07 Å². The van der Waals surface area contributed by atoms with Crippen LogP contribution < -0.4 is 0 Å². The molecule has 0 aliphatic heterocycles. The molecule has 146 valence electrons. The van der Waals surface area contributed by atoms with E-state index in [9.17, 15) is 0 Å². The molecule has 0 radical (unpaired) electrons. The first-order valence-electron chi connectivity index (χ1n) is 9.85. The molecular formula is C25H21Br3Si. The second kappa shape index (κ2) is 7.05. The van der Waals surface area contributed by atoms with E-state index in [1.165, 1.54) is 52.4 Å². The average Bonchev–Trinajstić information content (AvgIpc) is 3.16. The van der Waals surface area contributed by atoms with E-state index in [2.05, 4.69) is 128 Å². The molecule has 0 spiro atoms. The average molecular weight is 589 g/mol. The fourth-order valence-electron chi connectivity index (χ4n) is 5.67. The van der Waals surface area contributed by atoms with Crippen LogP contribution >= 0.6 is 47.8 Å². The van der Waals surface area contributed by atoms with E-state index >= 15 is 0 Å². The zero-order valence-corrected chi connectivity index (χ0v) is 22.3. The fourth-order valence-corrected chi connectivity index (χ4v) is 11.7. The summed E-state index contributed by atoms with van der Waals surface area (Å²) in [6, 6.07) is 20.3. The van der Waals surface area contributed by atoms with Crippen molar-refractivity contribution in [3.8, 4) is 11.1 Å². The number of halogens is 3. The Hall–Kier alpha value is -0.943. The van der Waals surface area contributed by atoms with Crippen LogP contribution in [0, 0.1) is 0 Å². The molecule has 29 heavy (non-hydrogen) atoms. The minimum atomic E-state index is -1.85. The van der Waals surface area contributed by atoms with Crippen LogP contribution in [0.3, 0.4) is 0 Å². The lowest BCUT2D eigenvalue weighted by Gasteiger charge is -2.38. The Morgan fingerprint density at radius 3 is 1.90 bits per heavy atom. The number of fused-ring (bicyclic) bond motifs is 4. The molecular weight excluding hydrogens is 568 g/mol. The van der Waals surface area contributed by atoms with Gasteiger partial charge in [0.25, 0.3) is 0 Å². The Labute approximate surface area is 198 Å². The van der Waals surface area contributed by atoms with Crippen LogP contribution in [0.25, 0.3) is 17.2 Å². The summed E-state index contributed by atoms with van der Waals surface area (Å²) in [6.07, 6.45) is 2.40. The second-order valence-electron chi connectivity index (χ2n) is 8.78. The summed E-state index contributed by atoms with van der Waals surface area (Å²) in [6.45, 7) is 7.48. The monoisotopic (exact) mass is 586 g/mol. The second-order valence-corrected chi connectivity index (χ2v) is 16.3. The third-order valence-electron chi connectivity index (χ3n) is 6.65. The van der Waals surface area contributed by atoms with Crippen LogP contribution in [0.4, 0.5) is 0 Å². The molecule has 5 rings (SSSR count). The summed E-state index contributed by atoms with van der Waals surface area (Å²) in [7, 11) is -1.85. The summed E-state index contributed by atoms with van der Waals surface area (Å²) in [4.78, 5) is 0. The molecule has 0 fully saturated rings. The lowest BCUT2D eigenvalue weighted by Crippen LogP contribution is -2.42. The van der Waals surface area contributed by atoms with Gasteiger partial charge in [-0.05, 0) is 70.6 Å². The third-order valence-corrected chi connectivity index (χ3v) is 12.7. The molecule has 4 heteroatoms. The molecule has 3 aromatic carbocycles. The van der Waals surface area contributed by atoms with E-state index in [0.717, 1.165) is 0 Å². The van der Waals surface area contributed by atoms with Crippen molar-refractivity contribution in [2.75, 3.05) is 0 Å². The van der Waals surface area contributed by atoms with Gasteiger partial charge in [-0.1, -0.05) is 96.8 Å². The van der Waals surface area contributed by atoms with Gasteiger partial charge < -0.3 is 0 Å². The van der Waals surface area contributed by atoms with Gasteiger partial charge in [0.1, 0.15) is 0 Å². The molecule has 0 heterocycles. The highest BCUT2D eigenvalue weighted by Crippen LogP contribution is 2.56. The lowest BCUT2D eigenvalue weighted by atomic mass is 10.1. The maximum Gasteiger partial charge on any atom is 0.0726 e. The molecule has 0 N–H and O–H groups in total. The molecule has 0 saturated carbocycles. The molecule has 0 bridgehead atoms. The predicted molar refractivity (Wildman–Crippen MR) is 137 cm³/mol. The van der Waals surface area contributed by atoms with E-state index in [4.69, 9.17) is 0 Å². The largest absolute Gasteiger partial charge is 0.0726 e. The van der Waals surface area contributed by atoms with Crippen LogP contribution in [0.5, 0.6) is 0 Å². The van der Waals surface area contributed by atoms with Crippen LogP contribution in [-0.4, -0.2) is 8.07 Å².